The highest BCUT2D eigenvalue weighted by Crippen LogP contribution is 2.49. The largest absolute Gasteiger partial charge is 0.512 e. The fourth-order valence-corrected chi connectivity index (χ4v) is 6.79. The van der Waals surface area contributed by atoms with Gasteiger partial charge in [0.15, 0.2) is 5.03 Å². The van der Waals surface area contributed by atoms with Crippen LogP contribution in [0, 0.1) is 5.41 Å². The van der Waals surface area contributed by atoms with E-state index in [-0.39, 0.29) is 22.8 Å². The van der Waals surface area contributed by atoms with Gasteiger partial charge in [-0.15, -0.1) is 0 Å². The standard InChI is InChI=1S/C31H39N3O5S/c1-7-16-31(24-15-10-9-12-21(24)8-2)18-25(35)27(29(36)39-31)28(30(3,4)5)22-13-11-14-23(17-22)33-40(37,38)26-19-34(6)20-32-26/h9-15,17,19-20,28,33,35H,7-8,16,18H2,1-6H3. The monoisotopic (exact) mass is 565 g/mol. The third-order valence-electron chi connectivity index (χ3n) is 7.40. The summed E-state index contributed by atoms with van der Waals surface area (Å²) in [5, 5.41) is 11.5. The number of benzene rings is 2. The first kappa shape index (κ1) is 29.4. The fourth-order valence-electron chi connectivity index (χ4n) is 5.75. The van der Waals surface area contributed by atoms with Crippen LogP contribution in [0.5, 0.6) is 0 Å². The number of carbonyl (C=O) groups excluding carboxylic acids is 1. The number of aromatic nitrogens is 2. The van der Waals surface area contributed by atoms with Crippen LogP contribution in [0.1, 0.15) is 76.5 Å². The molecule has 214 valence electrons. The molecule has 8 nitrogen and oxygen atoms in total. The number of hydrogen-bond acceptors (Lipinski definition) is 6. The molecule has 2 unspecified atom stereocenters. The van der Waals surface area contributed by atoms with E-state index in [1.807, 2.05) is 58.0 Å². The van der Waals surface area contributed by atoms with Gasteiger partial charge >= 0.3 is 5.97 Å². The molecular weight excluding hydrogens is 526 g/mol. The third-order valence-corrected chi connectivity index (χ3v) is 8.66. The van der Waals surface area contributed by atoms with Gasteiger partial charge in [-0.3, -0.25) is 4.72 Å². The molecule has 9 heteroatoms. The number of ether oxygens (including phenoxy) is 1. The maximum atomic E-state index is 13.9. The molecule has 0 saturated heterocycles. The van der Waals surface area contributed by atoms with Crippen LogP contribution in [0.25, 0.3) is 0 Å². The van der Waals surface area contributed by atoms with Gasteiger partial charge in [-0.25, -0.2) is 9.78 Å². The summed E-state index contributed by atoms with van der Waals surface area (Å²) < 4.78 is 36.3. The number of aliphatic hydroxyl groups excluding tert-OH is 1. The van der Waals surface area contributed by atoms with Crippen molar-refractivity contribution in [1.82, 2.24) is 9.55 Å². The molecule has 0 aliphatic carbocycles. The van der Waals surface area contributed by atoms with Gasteiger partial charge in [0.2, 0.25) is 0 Å². The van der Waals surface area contributed by atoms with Crippen molar-refractivity contribution >= 4 is 21.7 Å². The van der Waals surface area contributed by atoms with E-state index >= 15 is 0 Å². The average Bonchev–Trinajstić information content (AvgIpc) is 3.33. The Hall–Kier alpha value is -3.59. The van der Waals surface area contributed by atoms with Crippen LogP contribution in [-0.4, -0.2) is 29.0 Å². The molecule has 3 aromatic rings. The van der Waals surface area contributed by atoms with Gasteiger partial charge in [-0.2, -0.15) is 8.42 Å². The molecule has 0 bridgehead atoms. The molecule has 0 amide bonds. The van der Waals surface area contributed by atoms with E-state index in [1.165, 1.54) is 12.5 Å². The van der Waals surface area contributed by atoms with E-state index in [1.54, 1.807) is 29.8 Å². The van der Waals surface area contributed by atoms with E-state index < -0.39 is 32.9 Å². The number of aliphatic hydroxyl groups is 1. The van der Waals surface area contributed by atoms with Gasteiger partial charge in [0.1, 0.15) is 11.4 Å². The summed E-state index contributed by atoms with van der Waals surface area (Å²) in [6.45, 7) is 10.0. The van der Waals surface area contributed by atoms with Gasteiger partial charge in [0.25, 0.3) is 10.0 Å². The molecule has 4 rings (SSSR count). The minimum Gasteiger partial charge on any atom is -0.512 e. The lowest BCUT2D eigenvalue weighted by Crippen LogP contribution is -2.41. The summed E-state index contributed by atoms with van der Waals surface area (Å²) in [5.74, 6) is -1.10. The molecule has 0 fully saturated rings. The van der Waals surface area contributed by atoms with Crippen molar-refractivity contribution in [2.24, 2.45) is 12.5 Å². The van der Waals surface area contributed by atoms with Crippen LogP contribution in [0.3, 0.4) is 0 Å². The van der Waals surface area contributed by atoms with Crippen LogP contribution in [0.2, 0.25) is 0 Å². The number of nitrogens with zero attached hydrogens (tertiary/aromatic N) is 2. The van der Waals surface area contributed by atoms with Crippen LogP contribution < -0.4 is 4.72 Å². The Kier molecular flexibility index (Phi) is 8.17. The summed E-state index contributed by atoms with van der Waals surface area (Å²) >= 11 is 0. The summed E-state index contributed by atoms with van der Waals surface area (Å²) in [6.07, 6.45) is 5.15. The van der Waals surface area contributed by atoms with Crippen molar-refractivity contribution in [2.75, 3.05) is 4.72 Å². The lowest BCUT2D eigenvalue weighted by atomic mass is 9.69. The van der Waals surface area contributed by atoms with Gasteiger partial charge < -0.3 is 14.4 Å². The number of carbonyl (C=O) groups is 1. The first-order valence-corrected chi connectivity index (χ1v) is 15.1. The van der Waals surface area contributed by atoms with E-state index in [2.05, 4.69) is 16.6 Å². The van der Waals surface area contributed by atoms with E-state index in [9.17, 15) is 18.3 Å². The topological polar surface area (TPSA) is 111 Å². The summed E-state index contributed by atoms with van der Waals surface area (Å²) in [7, 11) is -2.22. The van der Waals surface area contributed by atoms with Crippen LogP contribution in [-0.2, 0) is 38.6 Å². The van der Waals surface area contributed by atoms with Crippen molar-refractivity contribution in [3.8, 4) is 0 Å². The maximum absolute atomic E-state index is 13.9. The van der Waals surface area contributed by atoms with Crippen molar-refractivity contribution < 1.29 is 23.1 Å². The first-order valence-electron chi connectivity index (χ1n) is 13.7. The molecule has 0 saturated carbocycles. The molecule has 2 N–H and O–H groups in total. The smallest absolute Gasteiger partial charge is 0.338 e. The summed E-state index contributed by atoms with van der Waals surface area (Å²) in [6, 6.07) is 14.8. The Balaban J connectivity index is 1.76. The SMILES string of the molecule is CCCC1(c2ccccc2CC)CC(O)=C(C(c2cccc(NS(=O)(=O)c3cn(C)cn3)c2)C(C)(C)C)C(=O)O1. The number of aryl methyl sites for hydroxylation is 2. The van der Waals surface area contributed by atoms with Crippen molar-refractivity contribution in [2.45, 2.75) is 76.8 Å². The van der Waals surface area contributed by atoms with E-state index in [0.29, 0.717) is 17.7 Å². The first-order chi connectivity index (χ1) is 18.8. The summed E-state index contributed by atoms with van der Waals surface area (Å²) in [5.41, 5.74) is 1.78. The molecule has 1 aromatic heterocycles. The number of anilines is 1. The highest BCUT2D eigenvalue weighted by Gasteiger charge is 2.47. The average molecular weight is 566 g/mol. The quantitative estimate of drug-likeness (QED) is 0.292. The van der Waals surface area contributed by atoms with Gasteiger partial charge in [-0.05, 0) is 47.1 Å². The molecule has 0 radical (unpaired) electrons. The number of sulfonamides is 1. The van der Waals surface area contributed by atoms with Crippen molar-refractivity contribution in [1.29, 1.82) is 0 Å². The summed E-state index contributed by atoms with van der Waals surface area (Å²) in [4.78, 5) is 17.8. The van der Waals surface area contributed by atoms with Crippen molar-refractivity contribution in [3.05, 3.63) is 89.1 Å². The zero-order chi connectivity index (χ0) is 29.3. The normalized spacial score (nSPS) is 18.9. The molecule has 1 aliphatic rings. The highest BCUT2D eigenvalue weighted by molar-refractivity contribution is 7.92. The number of cyclic esters (lactones) is 1. The molecule has 2 heterocycles. The third kappa shape index (κ3) is 5.80. The lowest BCUT2D eigenvalue weighted by molar-refractivity contribution is -0.162. The van der Waals surface area contributed by atoms with Crippen LogP contribution in [0.4, 0.5) is 5.69 Å². The second-order valence-electron chi connectivity index (χ2n) is 11.6. The molecule has 2 aromatic carbocycles. The second-order valence-corrected chi connectivity index (χ2v) is 13.2. The zero-order valence-corrected chi connectivity index (χ0v) is 24.9. The predicted octanol–water partition coefficient (Wildman–Crippen LogP) is 6.37. The maximum Gasteiger partial charge on any atom is 0.338 e. The van der Waals surface area contributed by atoms with Crippen LogP contribution in [0.15, 0.2) is 77.4 Å². The molecule has 40 heavy (non-hydrogen) atoms. The van der Waals surface area contributed by atoms with Gasteiger partial charge in [-0.1, -0.05) is 77.4 Å². The molecule has 2 atom stereocenters. The Bertz CT molecular complexity index is 1530. The van der Waals surface area contributed by atoms with Gasteiger partial charge in [0, 0.05) is 31.3 Å². The fraction of sp³-hybridized carbons (Fsp3) is 0.419. The zero-order valence-electron chi connectivity index (χ0n) is 24.1. The Morgan fingerprint density at radius 2 is 1.88 bits per heavy atom. The van der Waals surface area contributed by atoms with Crippen LogP contribution >= 0.6 is 0 Å². The second kappa shape index (κ2) is 11.1. The highest BCUT2D eigenvalue weighted by atomic mass is 32.2. The van der Waals surface area contributed by atoms with Gasteiger partial charge in [0.05, 0.1) is 11.9 Å². The number of rotatable bonds is 9. The Morgan fingerprint density at radius 1 is 1.15 bits per heavy atom. The lowest BCUT2D eigenvalue weighted by Gasteiger charge is -2.42. The molecular formula is C31H39N3O5S. The van der Waals surface area contributed by atoms with E-state index in [0.717, 1.165) is 24.0 Å². The number of nitrogens with one attached hydrogen (secondary N) is 1. The number of imidazole rings is 1. The number of esters is 1. The molecule has 0 spiro atoms. The predicted molar refractivity (Wildman–Crippen MR) is 155 cm³/mol. The van der Waals surface area contributed by atoms with Crippen molar-refractivity contribution in [3.63, 3.8) is 0 Å². The Labute approximate surface area is 237 Å². The number of hydrogen-bond donors (Lipinski definition) is 2. The minimum atomic E-state index is -3.91. The molecule has 1 aliphatic heterocycles. The minimum absolute atomic E-state index is 0.00926. The van der Waals surface area contributed by atoms with E-state index in [4.69, 9.17) is 4.74 Å². The Morgan fingerprint density at radius 3 is 2.48 bits per heavy atom.